The topological polar surface area (TPSA) is 58.2 Å². The summed E-state index contributed by atoms with van der Waals surface area (Å²) in [5.74, 6) is 0.443. The zero-order valence-electron chi connectivity index (χ0n) is 18.1. The summed E-state index contributed by atoms with van der Waals surface area (Å²) in [5.41, 5.74) is 8.52. The van der Waals surface area contributed by atoms with E-state index in [9.17, 15) is 8.42 Å². The third kappa shape index (κ3) is 3.35. The fourth-order valence-corrected chi connectivity index (χ4v) is 7.67. The number of hydrogen-bond acceptors (Lipinski definition) is 4. The van der Waals surface area contributed by atoms with Gasteiger partial charge in [-0.05, 0) is 77.7 Å². The molecule has 0 bridgehead atoms. The first-order valence-electron chi connectivity index (χ1n) is 11.6. The van der Waals surface area contributed by atoms with Gasteiger partial charge in [0.15, 0.2) is 9.84 Å². The molecule has 3 aromatic rings. The molecule has 0 radical (unpaired) electrons. The number of fused-ring (bicyclic) bond motifs is 3. The monoisotopic (exact) mass is 444 g/mol. The maximum Gasteiger partial charge on any atom is 0.185 e. The number of hydrogen-bond donors (Lipinski definition) is 2. The van der Waals surface area contributed by atoms with Crippen molar-refractivity contribution in [3.05, 3.63) is 94.0 Å². The molecule has 6 rings (SSSR count). The lowest BCUT2D eigenvalue weighted by Crippen LogP contribution is -2.25. The normalized spacial score (nSPS) is 23.4. The van der Waals surface area contributed by atoms with E-state index in [0.29, 0.717) is 17.2 Å². The van der Waals surface area contributed by atoms with E-state index in [-0.39, 0.29) is 0 Å². The minimum Gasteiger partial charge on any atom is -0.384 e. The van der Waals surface area contributed by atoms with Gasteiger partial charge < -0.3 is 10.6 Å². The van der Waals surface area contributed by atoms with Crippen LogP contribution in [0.2, 0.25) is 0 Å². The Balaban J connectivity index is 1.26. The third-order valence-electron chi connectivity index (χ3n) is 7.43. The van der Waals surface area contributed by atoms with Crippen molar-refractivity contribution in [2.45, 2.75) is 48.3 Å². The van der Waals surface area contributed by atoms with Gasteiger partial charge >= 0.3 is 0 Å². The SMILES string of the molecule is O=S1(=O)c2ccccc2CCC1c1ccc2c(c1)NCC(c1ccc3c(c1)CCNC3)C2. The van der Waals surface area contributed by atoms with Crippen LogP contribution >= 0.6 is 0 Å². The second-order valence-corrected chi connectivity index (χ2v) is 11.4. The van der Waals surface area contributed by atoms with Crippen molar-refractivity contribution in [2.75, 3.05) is 18.4 Å². The Labute approximate surface area is 190 Å². The molecule has 3 aliphatic heterocycles. The molecule has 2 atom stereocenters. The van der Waals surface area contributed by atoms with E-state index in [2.05, 4.69) is 41.0 Å². The lowest BCUT2D eigenvalue weighted by molar-refractivity contribution is 0.564. The summed E-state index contributed by atoms with van der Waals surface area (Å²) in [6.07, 6.45) is 3.54. The van der Waals surface area contributed by atoms with Crippen molar-refractivity contribution >= 4 is 15.5 Å². The molecule has 3 aliphatic rings. The first-order chi connectivity index (χ1) is 15.6. The predicted octanol–water partition coefficient (Wildman–Crippen LogP) is 4.55. The number of sulfone groups is 1. The summed E-state index contributed by atoms with van der Waals surface area (Å²) in [5, 5.41) is 6.59. The molecule has 5 heteroatoms. The molecule has 32 heavy (non-hydrogen) atoms. The van der Waals surface area contributed by atoms with Gasteiger partial charge in [-0.1, -0.05) is 48.5 Å². The summed E-state index contributed by atoms with van der Waals surface area (Å²) in [4.78, 5) is 0.504. The summed E-state index contributed by atoms with van der Waals surface area (Å²) >= 11 is 0. The van der Waals surface area contributed by atoms with Gasteiger partial charge in [-0.15, -0.1) is 0 Å². The maximum atomic E-state index is 13.3. The van der Waals surface area contributed by atoms with Crippen LogP contribution in [0.15, 0.2) is 65.6 Å². The number of benzene rings is 3. The maximum absolute atomic E-state index is 13.3. The molecule has 0 amide bonds. The Morgan fingerprint density at radius 3 is 2.59 bits per heavy atom. The van der Waals surface area contributed by atoms with Crippen LogP contribution in [-0.2, 0) is 35.6 Å². The molecule has 3 aromatic carbocycles. The van der Waals surface area contributed by atoms with Crippen molar-refractivity contribution in [1.82, 2.24) is 5.32 Å². The van der Waals surface area contributed by atoms with Crippen LogP contribution in [-0.4, -0.2) is 21.5 Å². The Kier molecular flexibility index (Phi) is 4.85. The molecule has 0 spiro atoms. The highest BCUT2D eigenvalue weighted by atomic mass is 32.2. The summed E-state index contributed by atoms with van der Waals surface area (Å²) < 4.78 is 26.6. The van der Waals surface area contributed by atoms with Crippen molar-refractivity contribution in [2.24, 2.45) is 0 Å². The van der Waals surface area contributed by atoms with Crippen molar-refractivity contribution in [1.29, 1.82) is 0 Å². The largest absolute Gasteiger partial charge is 0.384 e. The standard InChI is InChI=1S/C27H28N2O2S/c30-32(31)26-4-2-1-3-18(26)9-10-27(32)22-7-6-21-14-24(17-29-25(21)15-22)19-5-8-23-16-28-12-11-20(23)13-19/h1-8,13,15,24,27-29H,9-12,14,16-17H2. The quantitative estimate of drug-likeness (QED) is 0.609. The number of nitrogens with one attached hydrogen (secondary N) is 2. The first kappa shape index (κ1) is 20.0. The van der Waals surface area contributed by atoms with Gasteiger partial charge in [0, 0.05) is 24.7 Å². The van der Waals surface area contributed by atoms with E-state index in [1.165, 1.54) is 22.3 Å². The van der Waals surface area contributed by atoms with Gasteiger partial charge in [-0.2, -0.15) is 0 Å². The number of aryl methyl sites for hydroxylation is 1. The average molecular weight is 445 g/mol. The molecule has 0 saturated carbocycles. The highest BCUT2D eigenvalue weighted by molar-refractivity contribution is 7.91. The van der Waals surface area contributed by atoms with E-state index in [0.717, 1.165) is 55.7 Å². The molecule has 3 heterocycles. The number of anilines is 1. The molecule has 0 saturated heterocycles. The minimum atomic E-state index is -3.36. The van der Waals surface area contributed by atoms with Crippen LogP contribution < -0.4 is 10.6 Å². The van der Waals surface area contributed by atoms with Crippen molar-refractivity contribution in [3.63, 3.8) is 0 Å². The fraction of sp³-hybridized carbons (Fsp3) is 0.333. The molecule has 0 aliphatic carbocycles. The van der Waals surface area contributed by atoms with Gasteiger partial charge in [0.25, 0.3) is 0 Å². The molecule has 164 valence electrons. The van der Waals surface area contributed by atoms with Gasteiger partial charge in [0.1, 0.15) is 0 Å². The lowest BCUT2D eigenvalue weighted by Gasteiger charge is -2.30. The smallest absolute Gasteiger partial charge is 0.185 e. The highest BCUT2D eigenvalue weighted by Crippen LogP contribution is 2.41. The predicted molar refractivity (Wildman–Crippen MR) is 128 cm³/mol. The summed E-state index contributed by atoms with van der Waals surface area (Å²) in [6, 6.07) is 20.7. The lowest BCUT2D eigenvalue weighted by atomic mass is 9.85. The molecular formula is C27H28N2O2S. The zero-order valence-corrected chi connectivity index (χ0v) is 18.9. The fourth-order valence-electron chi connectivity index (χ4n) is 5.62. The molecule has 2 unspecified atom stereocenters. The van der Waals surface area contributed by atoms with Crippen LogP contribution in [0.1, 0.15) is 51.0 Å². The second-order valence-electron chi connectivity index (χ2n) is 9.33. The second kappa shape index (κ2) is 7.75. The summed E-state index contributed by atoms with van der Waals surface area (Å²) in [6.45, 7) is 2.91. The number of rotatable bonds is 2. The van der Waals surface area contributed by atoms with Gasteiger partial charge in [-0.3, -0.25) is 0 Å². The highest BCUT2D eigenvalue weighted by Gasteiger charge is 2.35. The van der Waals surface area contributed by atoms with Crippen molar-refractivity contribution in [3.8, 4) is 0 Å². The van der Waals surface area contributed by atoms with Crippen LogP contribution in [0.25, 0.3) is 0 Å². The molecule has 2 N–H and O–H groups in total. The molecule has 0 fully saturated rings. The minimum absolute atomic E-state index is 0.443. The van der Waals surface area contributed by atoms with Crippen LogP contribution in [0.4, 0.5) is 5.69 Å². The Hall–Kier alpha value is -2.63. The van der Waals surface area contributed by atoms with Gasteiger partial charge in [-0.25, -0.2) is 8.42 Å². The molecule has 0 aromatic heterocycles. The van der Waals surface area contributed by atoms with E-state index in [1.807, 2.05) is 24.3 Å². The van der Waals surface area contributed by atoms with E-state index in [4.69, 9.17) is 0 Å². The Morgan fingerprint density at radius 2 is 1.66 bits per heavy atom. The average Bonchev–Trinajstić information content (AvgIpc) is 2.83. The molecule has 4 nitrogen and oxygen atoms in total. The van der Waals surface area contributed by atoms with E-state index < -0.39 is 15.1 Å². The van der Waals surface area contributed by atoms with E-state index in [1.54, 1.807) is 6.07 Å². The Morgan fingerprint density at radius 1 is 0.812 bits per heavy atom. The van der Waals surface area contributed by atoms with Gasteiger partial charge in [0.2, 0.25) is 0 Å². The first-order valence-corrected chi connectivity index (χ1v) is 13.1. The van der Waals surface area contributed by atoms with Gasteiger partial charge in [0.05, 0.1) is 10.1 Å². The Bertz CT molecular complexity index is 1300. The molecular weight excluding hydrogens is 416 g/mol. The van der Waals surface area contributed by atoms with Crippen molar-refractivity contribution < 1.29 is 8.42 Å². The summed E-state index contributed by atoms with van der Waals surface area (Å²) in [7, 11) is -3.36. The van der Waals surface area contributed by atoms with Crippen LogP contribution in [0.5, 0.6) is 0 Å². The zero-order chi connectivity index (χ0) is 21.7. The van der Waals surface area contributed by atoms with Crippen LogP contribution in [0.3, 0.4) is 0 Å². The van der Waals surface area contributed by atoms with E-state index >= 15 is 0 Å². The third-order valence-corrected chi connectivity index (χ3v) is 9.70. The van der Waals surface area contributed by atoms with Crippen LogP contribution in [0, 0.1) is 0 Å².